The molecular weight excluding hydrogens is 434 g/mol. The van der Waals surface area contributed by atoms with E-state index in [4.69, 9.17) is 0 Å². The molecule has 0 unspecified atom stereocenters. The predicted molar refractivity (Wildman–Crippen MR) is 131 cm³/mol. The summed E-state index contributed by atoms with van der Waals surface area (Å²) in [5, 5.41) is 2.89. The third-order valence-corrected chi connectivity index (χ3v) is 7.37. The van der Waals surface area contributed by atoms with Crippen molar-refractivity contribution in [3.63, 3.8) is 0 Å². The Morgan fingerprint density at radius 3 is 2.27 bits per heavy atom. The van der Waals surface area contributed by atoms with Gasteiger partial charge < -0.3 is 5.32 Å². The summed E-state index contributed by atoms with van der Waals surface area (Å²) in [5.74, 6) is -0.313. The second kappa shape index (κ2) is 10.2. The zero-order chi connectivity index (χ0) is 23.3. The number of aryl methyl sites for hydroxylation is 1. The molecule has 33 heavy (non-hydrogen) atoms. The largest absolute Gasteiger partial charge is 0.348 e. The average Bonchev–Trinajstić information content (AvgIpc) is 3.32. The van der Waals surface area contributed by atoms with Crippen molar-refractivity contribution < 1.29 is 13.2 Å². The van der Waals surface area contributed by atoms with Gasteiger partial charge in [0, 0.05) is 24.3 Å². The molecule has 172 valence electrons. The number of carbonyl (C=O) groups excluding carboxylic acids is 1. The number of hydrogen-bond donors (Lipinski definition) is 2. The fourth-order valence-corrected chi connectivity index (χ4v) is 5.32. The van der Waals surface area contributed by atoms with E-state index in [-0.39, 0.29) is 10.8 Å². The third-order valence-electron chi connectivity index (χ3n) is 5.85. The van der Waals surface area contributed by atoms with Crippen LogP contribution in [0.1, 0.15) is 39.9 Å². The van der Waals surface area contributed by atoms with Gasteiger partial charge in [0.2, 0.25) is 0 Å². The lowest BCUT2D eigenvalue weighted by Crippen LogP contribution is -2.23. The molecule has 1 aliphatic heterocycles. The first kappa shape index (κ1) is 23.0. The summed E-state index contributed by atoms with van der Waals surface area (Å²) in [7, 11) is -3.82. The van der Waals surface area contributed by atoms with Crippen molar-refractivity contribution in [3.05, 3.63) is 95.1 Å². The van der Waals surface area contributed by atoms with E-state index in [2.05, 4.69) is 27.1 Å². The Labute approximate surface area is 195 Å². The maximum atomic E-state index is 12.9. The van der Waals surface area contributed by atoms with Crippen molar-refractivity contribution in [2.75, 3.05) is 17.8 Å². The Morgan fingerprint density at radius 1 is 0.909 bits per heavy atom. The zero-order valence-electron chi connectivity index (χ0n) is 18.8. The number of nitrogens with one attached hydrogen (secondary N) is 2. The predicted octanol–water partition coefficient (Wildman–Crippen LogP) is 4.32. The number of hydrogen-bond acceptors (Lipinski definition) is 4. The van der Waals surface area contributed by atoms with Crippen molar-refractivity contribution in [2.45, 2.75) is 37.8 Å². The van der Waals surface area contributed by atoms with Crippen molar-refractivity contribution in [3.8, 4) is 0 Å². The first-order valence-corrected chi connectivity index (χ1v) is 12.7. The maximum absolute atomic E-state index is 12.9. The fraction of sp³-hybridized carbons (Fsp3) is 0.269. The second-order valence-electron chi connectivity index (χ2n) is 8.43. The first-order valence-electron chi connectivity index (χ1n) is 11.2. The normalized spacial score (nSPS) is 14.2. The molecule has 0 saturated carbocycles. The molecule has 1 aliphatic rings. The second-order valence-corrected chi connectivity index (χ2v) is 10.1. The molecule has 3 aromatic carbocycles. The SMILES string of the molecule is Cc1ccc(C(=O)NCc2ccc(CN3CCCC3)cc2)cc1S(=O)(=O)Nc1ccccc1. The molecule has 0 atom stereocenters. The minimum atomic E-state index is -3.82. The molecular formula is C26H29N3O3S. The number of carbonyl (C=O) groups is 1. The van der Waals surface area contributed by atoms with Gasteiger partial charge in [0.15, 0.2) is 0 Å². The summed E-state index contributed by atoms with van der Waals surface area (Å²) in [6, 6.07) is 21.7. The Morgan fingerprint density at radius 2 is 1.58 bits per heavy atom. The van der Waals surface area contributed by atoms with E-state index in [1.165, 1.54) is 24.5 Å². The molecule has 3 aromatic rings. The lowest BCUT2D eigenvalue weighted by Gasteiger charge is -2.15. The molecule has 6 nitrogen and oxygen atoms in total. The summed E-state index contributed by atoms with van der Waals surface area (Å²) < 4.78 is 28.3. The maximum Gasteiger partial charge on any atom is 0.262 e. The summed E-state index contributed by atoms with van der Waals surface area (Å²) >= 11 is 0. The van der Waals surface area contributed by atoms with Crippen LogP contribution in [0.2, 0.25) is 0 Å². The average molecular weight is 464 g/mol. The van der Waals surface area contributed by atoms with E-state index in [1.54, 1.807) is 43.3 Å². The van der Waals surface area contributed by atoms with Crippen molar-refractivity contribution in [2.24, 2.45) is 0 Å². The smallest absolute Gasteiger partial charge is 0.262 e. The highest BCUT2D eigenvalue weighted by Crippen LogP contribution is 2.21. The fourth-order valence-electron chi connectivity index (χ4n) is 3.99. The topological polar surface area (TPSA) is 78.5 Å². The molecule has 0 radical (unpaired) electrons. The van der Waals surface area contributed by atoms with Crippen LogP contribution in [0.4, 0.5) is 5.69 Å². The zero-order valence-corrected chi connectivity index (χ0v) is 19.6. The Balaban J connectivity index is 1.40. The number of likely N-dealkylation sites (tertiary alicyclic amines) is 1. The highest BCUT2D eigenvalue weighted by molar-refractivity contribution is 7.92. The van der Waals surface area contributed by atoms with Gasteiger partial charge in [-0.15, -0.1) is 0 Å². The van der Waals surface area contributed by atoms with Gasteiger partial charge >= 0.3 is 0 Å². The lowest BCUT2D eigenvalue weighted by molar-refractivity contribution is 0.0950. The highest BCUT2D eigenvalue weighted by atomic mass is 32.2. The van der Waals surface area contributed by atoms with Crippen LogP contribution in [0.5, 0.6) is 0 Å². The quantitative estimate of drug-likeness (QED) is 0.521. The minimum absolute atomic E-state index is 0.0882. The molecule has 1 amide bonds. The number of para-hydroxylation sites is 1. The molecule has 0 bridgehead atoms. The van der Waals surface area contributed by atoms with E-state index < -0.39 is 10.0 Å². The van der Waals surface area contributed by atoms with Gasteiger partial charge in [-0.2, -0.15) is 0 Å². The van der Waals surface area contributed by atoms with Gasteiger partial charge in [0.1, 0.15) is 0 Å². The number of amides is 1. The summed E-state index contributed by atoms with van der Waals surface area (Å²) in [6.07, 6.45) is 2.54. The van der Waals surface area contributed by atoms with Crippen LogP contribution in [-0.2, 0) is 23.1 Å². The minimum Gasteiger partial charge on any atom is -0.348 e. The number of sulfonamides is 1. The summed E-state index contributed by atoms with van der Waals surface area (Å²) in [6.45, 7) is 5.37. The first-order chi connectivity index (χ1) is 15.9. The molecule has 1 heterocycles. The molecule has 0 spiro atoms. The van der Waals surface area contributed by atoms with Gasteiger partial charge in [-0.05, 0) is 73.8 Å². The van der Waals surface area contributed by atoms with E-state index in [1.807, 2.05) is 18.2 Å². The van der Waals surface area contributed by atoms with Gasteiger partial charge in [0.05, 0.1) is 4.90 Å². The van der Waals surface area contributed by atoms with E-state index in [0.717, 1.165) is 25.2 Å². The number of nitrogens with zero attached hydrogens (tertiary/aromatic N) is 1. The molecule has 7 heteroatoms. The highest BCUT2D eigenvalue weighted by Gasteiger charge is 2.19. The third kappa shape index (κ3) is 6.00. The number of benzene rings is 3. The van der Waals surface area contributed by atoms with Crippen LogP contribution in [0.3, 0.4) is 0 Å². The van der Waals surface area contributed by atoms with Crippen LogP contribution in [0, 0.1) is 6.92 Å². The summed E-state index contributed by atoms with van der Waals surface area (Å²) in [4.78, 5) is 15.3. The van der Waals surface area contributed by atoms with E-state index >= 15 is 0 Å². The Bertz CT molecular complexity index is 1200. The monoisotopic (exact) mass is 463 g/mol. The standard InChI is InChI=1S/C26H29N3O3S/c1-20-9-14-23(17-25(20)33(31,32)28-24-7-3-2-4-8-24)26(30)27-18-21-10-12-22(13-11-21)19-29-15-5-6-16-29/h2-4,7-14,17,28H,5-6,15-16,18-19H2,1H3,(H,27,30). The molecule has 1 saturated heterocycles. The molecule has 1 fully saturated rings. The van der Waals surface area contributed by atoms with Gasteiger partial charge in [-0.1, -0.05) is 48.5 Å². The van der Waals surface area contributed by atoms with Crippen molar-refractivity contribution >= 4 is 21.6 Å². The van der Waals surface area contributed by atoms with E-state index in [0.29, 0.717) is 23.4 Å². The van der Waals surface area contributed by atoms with Gasteiger partial charge in [-0.25, -0.2) is 8.42 Å². The number of rotatable bonds is 8. The molecule has 0 aliphatic carbocycles. The van der Waals surface area contributed by atoms with Crippen LogP contribution >= 0.6 is 0 Å². The van der Waals surface area contributed by atoms with Gasteiger partial charge in [0.25, 0.3) is 15.9 Å². The van der Waals surface area contributed by atoms with Crippen LogP contribution in [0.15, 0.2) is 77.7 Å². The van der Waals surface area contributed by atoms with Crippen molar-refractivity contribution in [1.29, 1.82) is 0 Å². The Hall–Kier alpha value is -3.16. The van der Waals surface area contributed by atoms with Crippen LogP contribution in [0.25, 0.3) is 0 Å². The molecule has 2 N–H and O–H groups in total. The number of anilines is 1. The lowest BCUT2D eigenvalue weighted by atomic mass is 10.1. The van der Waals surface area contributed by atoms with Crippen LogP contribution in [-0.4, -0.2) is 32.3 Å². The molecule has 4 rings (SSSR count). The Kier molecular flexibility index (Phi) is 7.11. The van der Waals surface area contributed by atoms with Crippen molar-refractivity contribution in [1.82, 2.24) is 10.2 Å². The molecule has 0 aromatic heterocycles. The summed E-state index contributed by atoms with van der Waals surface area (Å²) in [5.41, 5.74) is 3.62. The van der Waals surface area contributed by atoms with Gasteiger partial charge in [-0.3, -0.25) is 14.4 Å². The van der Waals surface area contributed by atoms with Crippen LogP contribution < -0.4 is 10.0 Å². The van der Waals surface area contributed by atoms with E-state index in [9.17, 15) is 13.2 Å².